The number of fused-ring (bicyclic) bond motifs is 1. The Kier molecular flexibility index (Phi) is 3.39. The molecule has 0 radical (unpaired) electrons. The van der Waals surface area contributed by atoms with Crippen molar-refractivity contribution < 1.29 is 4.92 Å². The number of hydrogen-bond acceptors (Lipinski definition) is 4. The Bertz CT molecular complexity index is 1130. The minimum atomic E-state index is -0.463. The van der Waals surface area contributed by atoms with Crippen molar-refractivity contribution in [2.24, 2.45) is 0 Å². The lowest BCUT2D eigenvalue weighted by Gasteiger charge is -2.03. The number of hydrogen-bond donors (Lipinski definition) is 1. The normalized spacial score (nSPS) is 10.9. The summed E-state index contributed by atoms with van der Waals surface area (Å²) in [5.41, 5.74) is 3.11. The fraction of sp³-hybridized carbons (Fsp3) is 0. The van der Waals surface area contributed by atoms with Gasteiger partial charge in [-0.1, -0.05) is 30.3 Å². The van der Waals surface area contributed by atoms with Crippen LogP contribution < -0.4 is 5.56 Å². The van der Waals surface area contributed by atoms with Crippen LogP contribution in [0.2, 0.25) is 0 Å². The minimum Gasteiger partial charge on any atom is -0.296 e. The molecule has 4 aromatic rings. The van der Waals surface area contributed by atoms with Gasteiger partial charge in [-0.15, -0.1) is 0 Å². The van der Waals surface area contributed by atoms with Crippen LogP contribution in [-0.2, 0) is 0 Å². The molecule has 0 amide bonds. The predicted octanol–water partition coefficient (Wildman–Crippen LogP) is 3.26. The van der Waals surface area contributed by atoms with Crippen molar-refractivity contribution in [3.8, 4) is 22.4 Å². The maximum Gasteiger partial charge on any atom is 0.273 e. The fourth-order valence-electron chi connectivity index (χ4n) is 2.71. The molecule has 0 saturated carbocycles. The molecule has 4 rings (SSSR count). The molecule has 0 unspecified atom stereocenters. The number of aromatic amines is 1. The summed E-state index contributed by atoms with van der Waals surface area (Å²) >= 11 is 0. The first-order valence-electron chi connectivity index (χ1n) is 7.55. The molecule has 0 spiro atoms. The molecule has 2 heterocycles. The summed E-state index contributed by atoms with van der Waals surface area (Å²) in [5, 5.41) is 13.7. The molecule has 7 nitrogen and oxygen atoms in total. The predicted molar refractivity (Wildman–Crippen MR) is 93.3 cm³/mol. The van der Waals surface area contributed by atoms with Crippen molar-refractivity contribution in [3.05, 3.63) is 87.3 Å². The largest absolute Gasteiger partial charge is 0.296 e. The highest BCUT2D eigenvalue weighted by molar-refractivity contribution is 5.78. The van der Waals surface area contributed by atoms with E-state index in [1.165, 1.54) is 22.7 Å². The molecule has 0 aliphatic rings. The van der Waals surface area contributed by atoms with Gasteiger partial charge in [-0.05, 0) is 17.7 Å². The molecule has 0 bridgehead atoms. The number of nitro benzene ring substituents is 1. The van der Waals surface area contributed by atoms with Crippen molar-refractivity contribution in [1.29, 1.82) is 0 Å². The molecule has 7 heteroatoms. The average Bonchev–Trinajstić information content (AvgIpc) is 3.07. The Morgan fingerprint density at radius 1 is 1.00 bits per heavy atom. The summed E-state index contributed by atoms with van der Waals surface area (Å²) < 4.78 is 1.37. The Hall–Kier alpha value is -3.74. The third-order valence-corrected chi connectivity index (χ3v) is 3.96. The highest BCUT2D eigenvalue weighted by atomic mass is 16.6. The maximum absolute atomic E-state index is 12.4. The van der Waals surface area contributed by atoms with Gasteiger partial charge in [0.2, 0.25) is 0 Å². The lowest BCUT2D eigenvalue weighted by Crippen LogP contribution is -2.14. The van der Waals surface area contributed by atoms with Crippen molar-refractivity contribution in [2.45, 2.75) is 0 Å². The van der Waals surface area contributed by atoms with Crippen LogP contribution in [0.4, 0.5) is 5.69 Å². The summed E-state index contributed by atoms with van der Waals surface area (Å²) in [6.45, 7) is 0. The van der Waals surface area contributed by atoms with E-state index in [1.807, 2.05) is 30.3 Å². The highest BCUT2D eigenvalue weighted by Crippen LogP contribution is 2.25. The number of nitro groups is 1. The number of nitrogens with one attached hydrogen (secondary N) is 1. The van der Waals surface area contributed by atoms with Gasteiger partial charge in [-0.2, -0.15) is 0 Å². The van der Waals surface area contributed by atoms with E-state index in [0.29, 0.717) is 16.9 Å². The highest BCUT2D eigenvalue weighted by Gasteiger charge is 2.12. The van der Waals surface area contributed by atoms with Gasteiger partial charge in [0.25, 0.3) is 11.2 Å². The Morgan fingerprint density at radius 3 is 2.40 bits per heavy atom. The molecule has 0 atom stereocenters. The van der Waals surface area contributed by atoms with E-state index in [0.717, 1.165) is 11.1 Å². The van der Waals surface area contributed by atoms with Gasteiger partial charge in [0, 0.05) is 35.5 Å². The SMILES string of the molecule is O=c1cc(-c2ccc([N+](=O)[O-])cc2)nc2c(-c3ccccc3)c[nH]n12. The number of nitrogens with zero attached hydrogens (tertiary/aromatic N) is 3. The molecule has 2 aromatic carbocycles. The summed E-state index contributed by atoms with van der Waals surface area (Å²) in [6, 6.07) is 17.0. The van der Waals surface area contributed by atoms with Crippen LogP contribution in [0.25, 0.3) is 28.0 Å². The molecule has 2 aromatic heterocycles. The first-order valence-corrected chi connectivity index (χ1v) is 7.55. The lowest BCUT2D eigenvalue weighted by atomic mass is 10.1. The van der Waals surface area contributed by atoms with E-state index >= 15 is 0 Å². The molecule has 1 N–H and O–H groups in total. The Labute approximate surface area is 141 Å². The second-order valence-corrected chi connectivity index (χ2v) is 5.50. The van der Waals surface area contributed by atoms with Crippen LogP contribution in [0.1, 0.15) is 0 Å². The van der Waals surface area contributed by atoms with Crippen LogP contribution in [0.3, 0.4) is 0 Å². The van der Waals surface area contributed by atoms with Gasteiger partial charge in [0.05, 0.1) is 10.6 Å². The summed E-state index contributed by atoms with van der Waals surface area (Å²) in [5.74, 6) is 0. The number of rotatable bonds is 3. The molecular weight excluding hydrogens is 320 g/mol. The van der Waals surface area contributed by atoms with E-state index in [2.05, 4.69) is 10.1 Å². The Morgan fingerprint density at radius 2 is 1.72 bits per heavy atom. The van der Waals surface area contributed by atoms with Gasteiger partial charge in [-0.3, -0.25) is 20.0 Å². The molecule has 25 heavy (non-hydrogen) atoms. The quantitative estimate of drug-likeness (QED) is 0.460. The zero-order valence-electron chi connectivity index (χ0n) is 12.9. The number of non-ortho nitro benzene ring substituents is 1. The van der Waals surface area contributed by atoms with Gasteiger partial charge < -0.3 is 0 Å². The van der Waals surface area contributed by atoms with Crippen LogP contribution in [0, 0.1) is 10.1 Å². The van der Waals surface area contributed by atoms with Gasteiger partial charge in [0.15, 0.2) is 5.65 Å². The zero-order valence-corrected chi connectivity index (χ0v) is 12.9. The van der Waals surface area contributed by atoms with E-state index in [1.54, 1.807) is 18.3 Å². The topological polar surface area (TPSA) is 93.3 Å². The van der Waals surface area contributed by atoms with Crippen LogP contribution in [0.15, 0.2) is 71.7 Å². The molecular formula is C18H12N4O3. The van der Waals surface area contributed by atoms with Gasteiger partial charge in [-0.25, -0.2) is 9.50 Å². The number of H-pyrrole nitrogens is 1. The molecule has 0 aliphatic heterocycles. The van der Waals surface area contributed by atoms with E-state index in [-0.39, 0.29) is 11.2 Å². The van der Waals surface area contributed by atoms with Crippen molar-refractivity contribution in [2.75, 3.05) is 0 Å². The average molecular weight is 332 g/mol. The maximum atomic E-state index is 12.4. The third-order valence-electron chi connectivity index (χ3n) is 3.96. The number of aromatic nitrogens is 3. The summed E-state index contributed by atoms with van der Waals surface area (Å²) in [4.78, 5) is 27.3. The Balaban J connectivity index is 1.89. The van der Waals surface area contributed by atoms with Crippen LogP contribution in [0.5, 0.6) is 0 Å². The van der Waals surface area contributed by atoms with Crippen molar-refractivity contribution in [3.63, 3.8) is 0 Å². The first-order chi connectivity index (χ1) is 12.1. The monoisotopic (exact) mass is 332 g/mol. The van der Waals surface area contributed by atoms with E-state index < -0.39 is 4.92 Å². The third kappa shape index (κ3) is 2.57. The van der Waals surface area contributed by atoms with Crippen molar-refractivity contribution in [1.82, 2.24) is 14.6 Å². The second-order valence-electron chi connectivity index (χ2n) is 5.50. The smallest absolute Gasteiger partial charge is 0.273 e. The van der Waals surface area contributed by atoms with Crippen LogP contribution >= 0.6 is 0 Å². The fourth-order valence-corrected chi connectivity index (χ4v) is 2.71. The second kappa shape index (κ2) is 5.72. The summed E-state index contributed by atoms with van der Waals surface area (Å²) in [7, 11) is 0. The lowest BCUT2D eigenvalue weighted by molar-refractivity contribution is -0.384. The van der Waals surface area contributed by atoms with E-state index in [4.69, 9.17) is 0 Å². The number of benzene rings is 2. The molecule has 0 saturated heterocycles. The first kappa shape index (κ1) is 14.8. The van der Waals surface area contributed by atoms with E-state index in [9.17, 15) is 14.9 Å². The van der Waals surface area contributed by atoms with Gasteiger partial charge in [0.1, 0.15) is 0 Å². The molecule has 122 valence electrons. The van der Waals surface area contributed by atoms with Gasteiger partial charge >= 0.3 is 0 Å². The summed E-state index contributed by atoms with van der Waals surface area (Å²) in [6.07, 6.45) is 1.73. The molecule has 0 aliphatic carbocycles. The van der Waals surface area contributed by atoms with Crippen LogP contribution in [-0.4, -0.2) is 19.5 Å². The molecule has 0 fully saturated rings. The van der Waals surface area contributed by atoms with Crippen molar-refractivity contribution >= 4 is 11.3 Å². The minimum absolute atomic E-state index is 0.00632. The standard InChI is InChI=1S/C18H12N4O3/c23-17-10-16(13-6-8-14(9-7-13)22(24)25)20-18-15(11-19-21(17)18)12-4-2-1-3-5-12/h1-11,19H. The zero-order chi connectivity index (χ0) is 17.4.